The second kappa shape index (κ2) is 6.95. The number of ether oxygens (including phenoxy) is 1. The van der Waals surface area contributed by atoms with Gasteiger partial charge in [-0.05, 0) is 13.5 Å². The fraction of sp³-hybridized carbons (Fsp3) is 0.538. The number of rotatable bonds is 7. The van der Waals surface area contributed by atoms with Gasteiger partial charge in [-0.2, -0.15) is 4.98 Å². The van der Waals surface area contributed by atoms with E-state index in [4.69, 9.17) is 9.26 Å². The van der Waals surface area contributed by atoms with Crippen molar-refractivity contribution in [2.45, 2.75) is 32.2 Å². The molecule has 2 rings (SSSR count). The maximum atomic E-state index is 5.27. The Bertz CT molecular complexity index is 543. The maximum Gasteiger partial charge on any atom is 0.228 e. The zero-order chi connectivity index (χ0) is 14.4. The number of hydrogen-bond donors (Lipinski definition) is 1. The summed E-state index contributed by atoms with van der Waals surface area (Å²) in [5, 5.41) is 7.19. The molecule has 0 aliphatic heterocycles. The highest BCUT2D eigenvalue weighted by molar-refractivity contribution is 5.49. The first-order valence-electron chi connectivity index (χ1n) is 6.63. The fourth-order valence-electron chi connectivity index (χ4n) is 1.92. The van der Waals surface area contributed by atoms with Gasteiger partial charge in [-0.3, -0.25) is 0 Å². The van der Waals surface area contributed by atoms with Crippen LogP contribution in [0, 0.1) is 0 Å². The van der Waals surface area contributed by atoms with Crippen molar-refractivity contribution in [1.82, 2.24) is 25.4 Å². The van der Waals surface area contributed by atoms with Gasteiger partial charge in [0.05, 0.1) is 7.11 Å². The van der Waals surface area contributed by atoms with E-state index < -0.39 is 0 Å². The predicted molar refractivity (Wildman–Crippen MR) is 73.3 cm³/mol. The normalized spacial score (nSPS) is 12.3. The molecule has 0 aliphatic carbocycles. The molecule has 0 amide bonds. The van der Waals surface area contributed by atoms with E-state index in [2.05, 4.69) is 32.3 Å². The molecular formula is C13H19N5O2. The molecule has 20 heavy (non-hydrogen) atoms. The summed E-state index contributed by atoms with van der Waals surface area (Å²) in [5.41, 5.74) is 0.586. The van der Waals surface area contributed by atoms with Gasteiger partial charge in [-0.25, -0.2) is 9.97 Å². The minimum absolute atomic E-state index is 0.341. The van der Waals surface area contributed by atoms with Crippen LogP contribution in [0.25, 0.3) is 11.5 Å². The minimum atomic E-state index is 0.341. The average Bonchev–Trinajstić information content (AvgIpc) is 2.95. The van der Waals surface area contributed by atoms with E-state index in [0.717, 1.165) is 12.8 Å². The molecule has 0 radical (unpaired) electrons. The molecule has 0 aliphatic rings. The van der Waals surface area contributed by atoms with Crippen molar-refractivity contribution in [1.29, 1.82) is 0 Å². The molecule has 2 aromatic heterocycles. The van der Waals surface area contributed by atoms with Crippen molar-refractivity contribution >= 4 is 0 Å². The van der Waals surface area contributed by atoms with Crippen LogP contribution in [0.5, 0.6) is 5.88 Å². The van der Waals surface area contributed by atoms with Crippen LogP contribution < -0.4 is 10.1 Å². The Morgan fingerprint density at radius 3 is 2.95 bits per heavy atom. The Morgan fingerprint density at radius 1 is 1.40 bits per heavy atom. The second-order valence-electron chi connectivity index (χ2n) is 4.44. The van der Waals surface area contributed by atoms with Gasteiger partial charge in [0.2, 0.25) is 17.6 Å². The third-order valence-electron chi connectivity index (χ3n) is 3.01. The largest absolute Gasteiger partial charge is 0.481 e. The highest BCUT2D eigenvalue weighted by Crippen LogP contribution is 2.17. The van der Waals surface area contributed by atoms with Crippen molar-refractivity contribution < 1.29 is 9.26 Å². The molecule has 2 heterocycles. The van der Waals surface area contributed by atoms with Crippen molar-refractivity contribution in [3.63, 3.8) is 0 Å². The molecule has 1 atom stereocenters. The first-order valence-corrected chi connectivity index (χ1v) is 6.63. The Morgan fingerprint density at radius 2 is 2.25 bits per heavy atom. The van der Waals surface area contributed by atoms with Gasteiger partial charge < -0.3 is 14.6 Å². The minimum Gasteiger partial charge on any atom is -0.481 e. The Hall–Kier alpha value is -2.02. The topological polar surface area (TPSA) is 86.0 Å². The van der Waals surface area contributed by atoms with Gasteiger partial charge in [0, 0.05) is 18.5 Å². The van der Waals surface area contributed by atoms with Crippen molar-refractivity contribution in [3.05, 3.63) is 18.3 Å². The second-order valence-corrected chi connectivity index (χ2v) is 4.44. The van der Waals surface area contributed by atoms with E-state index in [-0.39, 0.29) is 0 Å². The van der Waals surface area contributed by atoms with Crippen molar-refractivity contribution in [2.75, 3.05) is 14.2 Å². The van der Waals surface area contributed by atoms with Gasteiger partial charge in [-0.1, -0.05) is 18.5 Å². The average molecular weight is 277 g/mol. The number of likely N-dealkylation sites (N-methyl/N-ethyl adjacent to an activating group) is 1. The van der Waals surface area contributed by atoms with E-state index in [1.54, 1.807) is 13.2 Å². The van der Waals surface area contributed by atoms with Gasteiger partial charge in [-0.15, -0.1) is 0 Å². The Balaban J connectivity index is 2.11. The van der Waals surface area contributed by atoms with E-state index in [0.29, 0.717) is 35.8 Å². The van der Waals surface area contributed by atoms with Crippen LogP contribution in [0.4, 0.5) is 0 Å². The quantitative estimate of drug-likeness (QED) is 0.820. The Labute approximate surface area is 117 Å². The van der Waals surface area contributed by atoms with E-state index in [9.17, 15) is 0 Å². The summed E-state index contributed by atoms with van der Waals surface area (Å²) >= 11 is 0. The molecule has 0 bridgehead atoms. The van der Waals surface area contributed by atoms with Crippen LogP contribution >= 0.6 is 0 Å². The summed E-state index contributed by atoms with van der Waals surface area (Å²) in [4.78, 5) is 12.4. The number of aromatic nitrogens is 4. The van der Waals surface area contributed by atoms with Crippen molar-refractivity contribution in [3.8, 4) is 17.4 Å². The molecule has 0 saturated heterocycles. The summed E-state index contributed by atoms with van der Waals surface area (Å²) < 4.78 is 10.3. The molecule has 7 nitrogen and oxygen atoms in total. The Kier molecular flexibility index (Phi) is 5.00. The highest BCUT2D eigenvalue weighted by Gasteiger charge is 2.14. The molecule has 0 saturated carbocycles. The van der Waals surface area contributed by atoms with Gasteiger partial charge in [0.15, 0.2) is 0 Å². The van der Waals surface area contributed by atoms with Gasteiger partial charge >= 0.3 is 0 Å². The van der Waals surface area contributed by atoms with Crippen LogP contribution in [-0.2, 0) is 6.42 Å². The third kappa shape index (κ3) is 3.51. The first kappa shape index (κ1) is 14.4. The summed E-state index contributed by atoms with van der Waals surface area (Å²) in [6.07, 6.45) is 4.29. The fourth-order valence-corrected chi connectivity index (χ4v) is 1.92. The summed E-state index contributed by atoms with van der Waals surface area (Å²) in [6.45, 7) is 2.15. The lowest BCUT2D eigenvalue weighted by molar-refractivity contribution is 0.356. The molecule has 1 N–H and O–H groups in total. The van der Waals surface area contributed by atoms with Crippen LogP contribution in [0.15, 0.2) is 16.9 Å². The van der Waals surface area contributed by atoms with Crippen LogP contribution in [-0.4, -0.2) is 40.3 Å². The zero-order valence-corrected chi connectivity index (χ0v) is 12.0. The zero-order valence-electron chi connectivity index (χ0n) is 12.0. The summed E-state index contributed by atoms with van der Waals surface area (Å²) in [6, 6.07) is 2.02. The van der Waals surface area contributed by atoms with Crippen LogP contribution in [0.2, 0.25) is 0 Å². The SMILES string of the molecule is CCCC(Cc1nc(-c2cc(OC)ncn2)no1)NC. The molecule has 0 fully saturated rings. The summed E-state index contributed by atoms with van der Waals surface area (Å²) in [5.74, 6) is 1.53. The standard InChI is InChI=1S/C13H19N5O2/c1-4-5-9(14-2)6-12-17-13(18-20-12)10-7-11(19-3)16-8-15-10/h7-9,14H,4-6H2,1-3H3. The van der Waals surface area contributed by atoms with Crippen LogP contribution in [0.3, 0.4) is 0 Å². The third-order valence-corrected chi connectivity index (χ3v) is 3.01. The number of hydrogen-bond acceptors (Lipinski definition) is 7. The molecule has 7 heteroatoms. The van der Waals surface area contributed by atoms with E-state index in [1.807, 2.05) is 7.05 Å². The molecule has 2 aromatic rings. The smallest absolute Gasteiger partial charge is 0.228 e. The first-order chi connectivity index (χ1) is 9.76. The molecule has 0 aromatic carbocycles. The predicted octanol–water partition coefficient (Wildman–Crippen LogP) is 1.47. The van der Waals surface area contributed by atoms with Gasteiger partial charge in [0.25, 0.3) is 0 Å². The monoisotopic (exact) mass is 277 g/mol. The number of methoxy groups -OCH3 is 1. The van der Waals surface area contributed by atoms with E-state index >= 15 is 0 Å². The molecule has 0 spiro atoms. The van der Waals surface area contributed by atoms with Gasteiger partial charge in [0.1, 0.15) is 12.0 Å². The van der Waals surface area contributed by atoms with Crippen LogP contribution in [0.1, 0.15) is 25.7 Å². The van der Waals surface area contributed by atoms with E-state index in [1.165, 1.54) is 6.33 Å². The maximum absolute atomic E-state index is 5.27. The number of nitrogens with zero attached hydrogens (tertiary/aromatic N) is 4. The lowest BCUT2D eigenvalue weighted by Gasteiger charge is -2.11. The molecule has 108 valence electrons. The highest BCUT2D eigenvalue weighted by atomic mass is 16.5. The molecular weight excluding hydrogens is 258 g/mol. The van der Waals surface area contributed by atoms with Crippen molar-refractivity contribution in [2.24, 2.45) is 0 Å². The lowest BCUT2D eigenvalue weighted by atomic mass is 10.1. The number of nitrogens with one attached hydrogen (secondary N) is 1. The summed E-state index contributed by atoms with van der Waals surface area (Å²) in [7, 11) is 3.49. The lowest BCUT2D eigenvalue weighted by Crippen LogP contribution is -2.27. The molecule has 1 unspecified atom stereocenters.